The fourth-order valence-corrected chi connectivity index (χ4v) is 0.204. The molecule has 0 nitrogen and oxygen atoms in total. The molecule has 0 saturated carbocycles. The molecule has 6 heavy (non-hydrogen) atoms. The minimum absolute atomic E-state index is 1.24. The third-order valence-corrected chi connectivity index (χ3v) is 0.391. The molecule has 0 fully saturated rings. The highest BCUT2D eigenvalue weighted by Crippen LogP contribution is 1.92. The van der Waals surface area contributed by atoms with Crippen LogP contribution in [0.2, 0.25) is 0 Å². The molecule has 0 unspecified atom stereocenters. The van der Waals surface area contributed by atoms with Crippen LogP contribution in [0.4, 0.5) is 0 Å². The van der Waals surface area contributed by atoms with E-state index in [1.807, 2.05) is 19.9 Å². The minimum atomic E-state index is 1.24. The third kappa shape index (κ3) is 3.52. The van der Waals surface area contributed by atoms with E-state index in [0.717, 1.165) is 0 Å². The van der Waals surface area contributed by atoms with E-state index in [1.165, 1.54) is 5.92 Å². The summed E-state index contributed by atoms with van der Waals surface area (Å²) in [7, 11) is 0. The molecule has 0 saturated heterocycles. The Labute approximate surface area is 39.2 Å². The van der Waals surface area contributed by atoms with Crippen molar-refractivity contribution in [1.29, 1.82) is 0 Å². The Bertz CT molecular complexity index is 64.1. The molecule has 0 atom stereocenters. The molecule has 1 radical (unpaired) electrons. The second-order valence-electron chi connectivity index (χ2n) is 1.43. The maximum absolute atomic E-state index is 3.40. The van der Waals surface area contributed by atoms with Crippen LogP contribution in [-0.4, -0.2) is 0 Å². The lowest BCUT2D eigenvalue weighted by Crippen LogP contribution is -1.68. The number of rotatable bonds is 1. The molecule has 0 N–H and O–H groups in total. The smallest absolute Gasteiger partial charge is 0.000758 e. The van der Waals surface area contributed by atoms with E-state index < -0.39 is 0 Å². The summed E-state index contributed by atoms with van der Waals surface area (Å²) in [5, 5.41) is 0. The SMILES string of the molecule is C=C=C[C](C)C. The second kappa shape index (κ2) is 2.74. The minimum Gasteiger partial charge on any atom is -0.132 e. The van der Waals surface area contributed by atoms with E-state index in [4.69, 9.17) is 0 Å². The normalized spacial score (nSPS) is 7.83. The molecule has 0 heteroatoms. The molecular weight excluding hydrogens is 72.1 g/mol. The van der Waals surface area contributed by atoms with Crippen LogP contribution in [0.1, 0.15) is 13.8 Å². The van der Waals surface area contributed by atoms with E-state index >= 15 is 0 Å². The van der Waals surface area contributed by atoms with Gasteiger partial charge < -0.3 is 0 Å². The summed E-state index contributed by atoms with van der Waals surface area (Å²) in [5.41, 5.74) is 2.66. The first-order chi connectivity index (χ1) is 2.77. The van der Waals surface area contributed by atoms with Gasteiger partial charge in [0.05, 0.1) is 0 Å². The van der Waals surface area contributed by atoms with Crippen LogP contribution < -0.4 is 0 Å². The van der Waals surface area contributed by atoms with Gasteiger partial charge >= 0.3 is 0 Å². The Kier molecular flexibility index (Phi) is 2.52. The highest BCUT2D eigenvalue weighted by molar-refractivity contribution is 5.00. The zero-order chi connectivity index (χ0) is 4.99. The molecule has 0 heterocycles. The summed E-state index contributed by atoms with van der Waals surface area (Å²) in [6.07, 6.45) is 1.85. The Morgan fingerprint density at radius 1 is 1.67 bits per heavy atom. The van der Waals surface area contributed by atoms with Crippen molar-refractivity contribution in [2.24, 2.45) is 0 Å². The van der Waals surface area contributed by atoms with Crippen molar-refractivity contribution in [2.75, 3.05) is 0 Å². The topological polar surface area (TPSA) is 0 Å². The van der Waals surface area contributed by atoms with Gasteiger partial charge in [-0.1, -0.05) is 20.4 Å². The van der Waals surface area contributed by atoms with Gasteiger partial charge in [0.2, 0.25) is 0 Å². The van der Waals surface area contributed by atoms with Gasteiger partial charge in [0.15, 0.2) is 0 Å². The van der Waals surface area contributed by atoms with Gasteiger partial charge in [0.1, 0.15) is 0 Å². The molecule has 0 aliphatic rings. The standard InChI is InChI=1S/C6H9/c1-4-5-6(2)3/h5H,1H2,2-3H3. The molecule has 0 aromatic carbocycles. The van der Waals surface area contributed by atoms with Gasteiger partial charge in [0, 0.05) is 0 Å². The lowest BCUT2D eigenvalue weighted by atomic mass is 10.2. The van der Waals surface area contributed by atoms with E-state index in [0.29, 0.717) is 0 Å². The van der Waals surface area contributed by atoms with Crippen molar-refractivity contribution in [2.45, 2.75) is 13.8 Å². The van der Waals surface area contributed by atoms with Crippen LogP contribution in [-0.2, 0) is 0 Å². The number of hydrogen-bond donors (Lipinski definition) is 0. The molecule has 0 spiro atoms. The maximum Gasteiger partial charge on any atom is -0.000758 e. The summed E-state index contributed by atoms with van der Waals surface area (Å²) in [6, 6.07) is 0. The Morgan fingerprint density at radius 3 is 2.17 bits per heavy atom. The Hall–Kier alpha value is -0.480. The first kappa shape index (κ1) is 5.52. The van der Waals surface area contributed by atoms with Crippen LogP contribution >= 0.6 is 0 Å². The van der Waals surface area contributed by atoms with Gasteiger partial charge in [-0.15, -0.1) is 5.73 Å². The van der Waals surface area contributed by atoms with Gasteiger partial charge in [-0.2, -0.15) is 0 Å². The van der Waals surface area contributed by atoms with Gasteiger partial charge in [-0.25, -0.2) is 0 Å². The highest BCUT2D eigenvalue weighted by Gasteiger charge is 1.77. The summed E-state index contributed by atoms with van der Waals surface area (Å²) < 4.78 is 0. The van der Waals surface area contributed by atoms with Crippen molar-refractivity contribution < 1.29 is 0 Å². The third-order valence-electron chi connectivity index (χ3n) is 0.391. The van der Waals surface area contributed by atoms with Crippen LogP contribution in [0, 0.1) is 5.92 Å². The molecule has 0 amide bonds. The predicted octanol–water partition coefficient (Wildman–Crippen LogP) is 1.94. The molecule has 0 aliphatic carbocycles. The van der Waals surface area contributed by atoms with E-state index in [9.17, 15) is 0 Å². The van der Waals surface area contributed by atoms with E-state index in [-0.39, 0.29) is 0 Å². The number of hydrogen-bond acceptors (Lipinski definition) is 0. The lowest BCUT2D eigenvalue weighted by molar-refractivity contribution is 1.21. The highest BCUT2D eigenvalue weighted by atomic mass is 13.8. The van der Waals surface area contributed by atoms with Crippen LogP contribution in [0.5, 0.6) is 0 Å². The monoisotopic (exact) mass is 81.1 g/mol. The first-order valence-corrected chi connectivity index (χ1v) is 1.93. The molecule has 0 rings (SSSR count). The molecule has 0 aromatic heterocycles. The zero-order valence-corrected chi connectivity index (χ0v) is 4.28. The average molecular weight is 81.1 g/mol. The van der Waals surface area contributed by atoms with Gasteiger partial charge in [-0.3, -0.25) is 0 Å². The van der Waals surface area contributed by atoms with Gasteiger partial charge in [0.25, 0.3) is 0 Å². The quantitative estimate of drug-likeness (QED) is 0.423. The molecule has 0 aromatic rings. The molecule has 0 bridgehead atoms. The predicted molar refractivity (Wildman–Crippen MR) is 28.3 cm³/mol. The number of allylic oxidation sites excluding steroid dienone is 1. The second-order valence-corrected chi connectivity index (χ2v) is 1.43. The summed E-state index contributed by atoms with van der Waals surface area (Å²) >= 11 is 0. The van der Waals surface area contributed by atoms with Crippen LogP contribution in [0.15, 0.2) is 18.4 Å². The van der Waals surface area contributed by atoms with Gasteiger partial charge in [-0.05, 0) is 12.0 Å². The van der Waals surface area contributed by atoms with Crippen LogP contribution in [0.3, 0.4) is 0 Å². The average Bonchev–Trinajstić information content (AvgIpc) is 1.35. The first-order valence-electron chi connectivity index (χ1n) is 1.93. The van der Waals surface area contributed by atoms with Crippen molar-refractivity contribution in [1.82, 2.24) is 0 Å². The fourth-order valence-electron chi connectivity index (χ4n) is 0.204. The lowest BCUT2D eigenvalue weighted by Gasteiger charge is -1.83. The van der Waals surface area contributed by atoms with Crippen molar-refractivity contribution in [3.8, 4) is 0 Å². The summed E-state index contributed by atoms with van der Waals surface area (Å²) in [4.78, 5) is 0. The van der Waals surface area contributed by atoms with E-state index in [1.54, 1.807) is 0 Å². The van der Waals surface area contributed by atoms with Crippen molar-refractivity contribution in [3.05, 3.63) is 24.3 Å². The molecular formula is C6H9. The summed E-state index contributed by atoms with van der Waals surface area (Å²) in [5.74, 6) is 1.24. The molecule has 33 valence electrons. The molecule has 0 aliphatic heterocycles. The Morgan fingerprint density at radius 2 is 2.17 bits per heavy atom. The fraction of sp³-hybridized carbons (Fsp3) is 0.333. The zero-order valence-electron chi connectivity index (χ0n) is 4.28. The van der Waals surface area contributed by atoms with Crippen molar-refractivity contribution >= 4 is 0 Å². The van der Waals surface area contributed by atoms with Crippen molar-refractivity contribution in [3.63, 3.8) is 0 Å². The Balaban J connectivity index is 3.29. The van der Waals surface area contributed by atoms with E-state index in [2.05, 4.69) is 12.3 Å². The maximum atomic E-state index is 3.40. The summed E-state index contributed by atoms with van der Waals surface area (Å²) in [6.45, 7) is 7.42. The van der Waals surface area contributed by atoms with Crippen LogP contribution in [0.25, 0.3) is 0 Å². The largest absolute Gasteiger partial charge is 0.132 e.